The molecule has 3 aromatic rings. The van der Waals surface area contributed by atoms with Gasteiger partial charge in [-0.25, -0.2) is 8.42 Å². The van der Waals surface area contributed by atoms with E-state index in [2.05, 4.69) is 17.0 Å². The molecule has 0 saturated heterocycles. The molecule has 0 radical (unpaired) electrons. The van der Waals surface area contributed by atoms with Crippen LogP contribution in [0.15, 0.2) is 77.7 Å². The molecule has 0 aliphatic carbocycles. The number of anilines is 2. The van der Waals surface area contributed by atoms with Gasteiger partial charge in [-0.1, -0.05) is 31.2 Å². The summed E-state index contributed by atoms with van der Waals surface area (Å²) in [6, 6.07) is 20.6. The number of hydrogen-bond acceptors (Lipinski definition) is 4. The van der Waals surface area contributed by atoms with Crippen molar-refractivity contribution in [3.05, 3.63) is 83.9 Å². The molecule has 156 valence electrons. The lowest BCUT2D eigenvalue weighted by atomic mass is 10.2. The summed E-state index contributed by atoms with van der Waals surface area (Å²) in [5, 5.41) is 2.69. The maximum Gasteiger partial charge on any atom is 0.262 e. The van der Waals surface area contributed by atoms with Gasteiger partial charge in [-0.15, -0.1) is 0 Å². The van der Waals surface area contributed by atoms with Crippen LogP contribution >= 0.6 is 0 Å². The molecule has 0 spiro atoms. The van der Waals surface area contributed by atoms with E-state index in [0.29, 0.717) is 17.1 Å². The summed E-state index contributed by atoms with van der Waals surface area (Å²) in [5.74, 6) is 0.286. The van der Waals surface area contributed by atoms with Gasteiger partial charge >= 0.3 is 0 Å². The summed E-state index contributed by atoms with van der Waals surface area (Å²) in [6.07, 6.45) is 0.937. The van der Waals surface area contributed by atoms with Gasteiger partial charge in [-0.3, -0.25) is 9.52 Å². The van der Waals surface area contributed by atoms with E-state index in [1.54, 1.807) is 30.3 Å². The van der Waals surface area contributed by atoms with E-state index >= 15 is 0 Å². The van der Waals surface area contributed by atoms with Gasteiger partial charge in [0, 0.05) is 11.4 Å². The summed E-state index contributed by atoms with van der Waals surface area (Å²) in [5.41, 5.74) is 3.13. The van der Waals surface area contributed by atoms with E-state index in [-0.39, 0.29) is 17.4 Å². The minimum Gasteiger partial charge on any atom is -0.484 e. The van der Waals surface area contributed by atoms with Gasteiger partial charge in [-0.2, -0.15) is 0 Å². The van der Waals surface area contributed by atoms with Gasteiger partial charge in [0.05, 0.1) is 4.90 Å². The predicted molar refractivity (Wildman–Crippen MR) is 118 cm³/mol. The van der Waals surface area contributed by atoms with Crippen molar-refractivity contribution in [3.63, 3.8) is 0 Å². The second-order valence-electron chi connectivity index (χ2n) is 6.83. The van der Waals surface area contributed by atoms with E-state index in [1.165, 1.54) is 17.7 Å². The number of rotatable bonds is 8. The monoisotopic (exact) mass is 424 g/mol. The van der Waals surface area contributed by atoms with E-state index in [0.717, 1.165) is 12.0 Å². The van der Waals surface area contributed by atoms with Crippen LogP contribution in [0, 0.1) is 6.92 Å². The fourth-order valence-corrected chi connectivity index (χ4v) is 3.86. The lowest BCUT2D eigenvalue weighted by Gasteiger charge is -2.10. The molecule has 0 aliphatic rings. The highest BCUT2D eigenvalue weighted by molar-refractivity contribution is 7.92. The van der Waals surface area contributed by atoms with E-state index in [4.69, 9.17) is 4.74 Å². The summed E-state index contributed by atoms with van der Waals surface area (Å²) in [4.78, 5) is 12.2. The van der Waals surface area contributed by atoms with Crippen molar-refractivity contribution in [3.8, 4) is 5.75 Å². The predicted octanol–water partition coefficient (Wildman–Crippen LogP) is 4.38. The van der Waals surface area contributed by atoms with Crippen molar-refractivity contribution in [2.45, 2.75) is 25.2 Å². The van der Waals surface area contributed by atoms with Crippen LogP contribution in [0.5, 0.6) is 5.75 Å². The Morgan fingerprint density at radius 3 is 2.27 bits per heavy atom. The van der Waals surface area contributed by atoms with Crippen molar-refractivity contribution in [1.29, 1.82) is 0 Å². The van der Waals surface area contributed by atoms with E-state index < -0.39 is 10.0 Å². The summed E-state index contributed by atoms with van der Waals surface area (Å²) < 4.78 is 33.1. The average Bonchev–Trinajstić information content (AvgIpc) is 2.73. The zero-order valence-electron chi connectivity index (χ0n) is 16.9. The Bertz CT molecular complexity index is 1110. The minimum absolute atomic E-state index is 0.106. The zero-order valence-corrected chi connectivity index (χ0v) is 17.7. The first-order valence-electron chi connectivity index (χ1n) is 9.57. The molecule has 0 heterocycles. The maximum atomic E-state index is 12.5. The normalized spacial score (nSPS) is 11.0. The number of aryl methyl sites for hydroxylation is 2. The highest BCUT2D eigenvalue weighted by Crippen LogP contribution is 2.19. The third-order valence-corrected chi connectivity index (χ3v) is 5.82. The largest absolute Gasteiger partial charge is 0.484 e. The smallest absolute Gasteiger partial charge is 0.262 e. The molecule has 6 nitrogen and oxygen atoms in total. The number of hydrogen-bond donors (Lipinski definition) is 2. The lowest BCUT2D eigenvalue weighted by molar-refractivity contribution is -0.118. The number of carbonyl (C=O) groups is 1. The molecule has 1 amide bonds. The first kappa shape index (κ1) is 21.4. The molecule has 30 heavy (non-hydrogen) atoms. The molecular formula is C23H24N2O4S. The molecule has 0 saturated carbocycles. The van der Waals surface area contributed by atoms with Gasteiger partial charge in [0.25, 0.3) is 15.9 Å². The molecule has 0 unspecified atom stereocenters. The molecule has 7 heteroatoms. The Hall–Kier alpha value is -3.32. The fraction of sp³-hybridized carbons (Fsp3) is 0.174. The molecule has 0 fully saturated rings. The average molecular weight is 425 g/mol. The summed E-state index contributed by atoms with van der Waals surface area (Å²) in [7, 11) is -3.71. The van der Waals surface area contributed by atoms with Crippen LogP contribution in [0.2, 0.25) is 0 Å². The zero-order chi connectivity index (χ0) is 21.6. The third kappa shape index (κ3) is 5.84. The number of nitrogens with one attached hydrogen (secondary N) is 2. The topological polar surface area (TPSA) is 84.5 Å². The van der Waals surface area contributed by atoms with Crippen molar-refractivity contribution in [2.75, 3.05) is 16.6 Å². The van der Waals surface area contributed by atoms with Crippen LogP contribution in [-0.2, 0) is 21.2 Å². The minimum atomic E-state index is -3.71. The van der Waals surface area contributed by atoms with Crippen molar-refractivity contribution >= 4 is 27.3 Å². The number of ether oxygens (including phenoxy) is 1. The van der Waals surface area contributed by atoms with Crippen molar-refractivity contribution < 1.29 is 17.9 Å². The molecular weight excluding hydrogens is 400 g/mol. The number of amides is 1. The van der Waals surface area contributed by atoms with Crippen LogP contribution < -0.4 is 14.8 Å². The Kier molecular flexibility index (Phi) is 6.74. The maximum absolute atomic E-state index is 12.5. The van der Waals surface area contributed by atoms with Crippen molar-refractivity contribution in [1.82, 2.24) is 0 Å². The van der Waals surface area contributed by atoms with E-state index in [9.17, 15) is 13.2 Å². The quantitative estimate of drug-likeness (QED) is 0.562. The number of benzene rings is 3. The van der Waals surface area contributed by atoms with Crippen LogP contribution in [0.25, 0.3) is 0 Å². The first-order chi connectivity index (χ1) is 14.4. The van der Waals surface area contributed by atoms with Gasteiger partial charge in [0.1, 0.15) is 5.75 Å². The molecule has 3 rings (SSSR count). The SMILES string of the molecule is CCc1ccc(OCC(=O)Nc2ccc(S(=O)(=O)Nc3cccc(C)c3)cc2)cc1. The Morgan fingerprint density at radius 1 is 0.933 bits per heavy atom. The highest BCUT2D eigenvalue weighted by Gasteiger charge is 2.14. The van der Waals surface area contributed by atoms with Crippen LogP contribution in [-0.4, -0.2) is 20.9 Å². The molecule has 0 aromatic heterocycles. The van der Waals surface area contributed by atoms with E-state index in [1.807, 2.05) is 37.3 Å². The summed E-state index contributed by atoms with van der Waals surface area (Å²) >= 11 is 0. The third-order valence-electron chi connectivity index (χ3n) is 4.42. The van der Waals surface area contributed by atoms with Crippen LogP contribution in [0.1, 0.15) is 18.1 Å². The van der Waals surface area contributed by atoms with Gasteiger partial charge in [-0.05, 0) is 73.0 Å². The summed E-state index contributed by atoms with van der Waals surface area (Å²) in [6.45, 7) is 3.82. The standard InChI is InChI=1S/C23H24N2O4S/c1-3-18-7-11-21(12-8-18)29-16-23(26)24-19-9-13-22(14-10-19)30(27,28)25-20-6-4-5-17(2)15-20/h4-15,25H,3,16H2,1-2H3,(H,24,26). The van der Waals surface area contributed by atoms with Crippen molar-refractivity contribution in [2.24, 2.45) is 0 Å². The van der Waals surface area contributed by atoms with Gasteiger partial charge in [0.15, 0.2) is 6.61 Å². The fourth-order valence-electron chi connectivity index (χ4n) is 2.81. The lowest BCUT2D eigenvalue weighted by Crippen LogP contribution is -2.20. The van der Waals surface area contributed by atoms with Gasteiger partial charge < -0.3 is 10.1 Å². The Morgan fingerprint density at radius 2 is 1.63 bits per heavy atom. The van der Waals surface area contributed by atoms with Crippen LogP contribution in [0.3, 0.4) is 0 Å². The number of sulfonamides is 1. The molecule has 0 bridgehead atoms. The Labute approximate surface area is 177 Å². The molecule has 0 atom stereocenters. The Balaban J connectivity index is 1.57. The molecule has 0 aliphatic heterocycles. The molecule has 3 aromatic carbocycles. The highest BCUT2D eigenvalue weighted by atomic mass is 32.2. The van der Waals surface area contributed by atoms with Gasteiger partial charge in [0.2, 0.25) is 0 Å². The first-order valence-corrected chi connectivity index (χ1v) is 11.0. The second-order valence-corrected chi connectivity index (χ2v) is 8.52. The van der Waals surface area contributed by atoms with Crippen LogP contribution in [0.4, 0.5) is 11.4 Å². The molecule has 2 N–H and O–H groups in total. The number of carbonyl (C=O) groups excluding carboxylic acids is 1. The second kappa shape index (κ2) is 9.45.